The van der Waals surface area contributed by atoms with E-state index in [9.17, 15) is 4.79 Å². The monoisotopic (exact) mass is 311 g/mol. The maximum atomic E-state index is 12.7. The summed E-state index contributed by atoms with van der Waals surface area (Å²) in [6.07, 6.45) is 3.23. The molecule has 0 saturated carbocycles. The van der Waals surface area contributed by atoms with Crippen LogP contribution in [0.5, 0.6) is 0 Å². The van der Waals surface area contributed by atoms with Crippen LogP contribution in [0.3, 0.4) is 0 Å². The van der Waals surface area contributed by atoms with Crippen molar-refractivity contribution in [1.29, 1.82) is 0 Å². The number of hydrogen-bond acceptors (Lipinski definition) is 4. The summed E-state index contributed by atoms with van der Waals surface area (Å²) in [5, 5.41) is 5.32. The minimum absolute atomic E-state index is 0.178. The highest BCUT2D eigenvalue weighted by Gasteiger charge is 2.10. The lowest BCUT2D eigenvalue weighted by Gasteiger charge is -2.07. The van der Waals surface area contributed by atoms with E-state index in [-0.39, 0.29) is 5.56 Å². The summed E-state index contributed by atoms with van der Waals surface area (Å²) in [6.45, 7) is 1.79. The number of pyridine rings is 1. The van der Waals surface area contributed by atoms with Crippen molar-refractivity contribution in [2.24, 2.45) is 0 Å². The molecule has 0 bridgehead atoms. The van der Waals surface area contributed by atoms with Crippen LogP contribution in [0.4, 0.5) is 0 Å². The van der Waals surface area contributed by atoms with E-state index >= 15 is 0 Å². The molecule has 0 unspecified atom stereocenters. The third-order valence-corrected chi connectivity index (χ3v) is 3.66. The van der Waals surface area contributed by atoms with E-state index in [2.05, 4.69) is 15.1 Å². The average molecular weight is 312 g/mol. The third kappa shape index (κ3) is 1.88. The quantitative estimate of drug-likeness (QED) is 0.541. The summed E-state index contributed by atoms with van der Waals surface area (Å²) in [5.41, 5.74) is 1.20. The molecule has 0 atom stereocenters. The van der Waals surface area contributed by atoms with E-state index in [1.54, 1.807) is 35.8 Å². The first-order valence-electron chi connectivity index (χ1n) is 6.63. The number of nitrogens with zero attached hydrogens (tertiary/aromatic N) is 5. The molecule has 0 aliphatic carbocycles. The summed E-state index contributed by atoms with van der Waals surface area (Å²) in [4.78, 5) is 21.1. The van der Waals surface area contributed by atoms with Gasteiger partial charge in [-0.05, 0) is 31.2 Å². The molecule has 3 aromatic heterocycles. The van der Waals surface area contributed by atoms with E-state index in [4.69, 9.17) is 11.6 Å². The second kappa shape index (κ2) is 4.64. The topological polar surface area (TPSA) is 65.1 Å². The molecule has 0 amide bonds. The van der Waals surface area contributed by atoms with E-state index in [0.29, 0.717) is 33.2 Å². The van der Waals surface area contributed by atoms with Crippen molar-refractivity contribution in [3.05, 3.63) is 63.9 Å². The van der Waals surface area contributed by atoms with Crippen LogP contribution in [0.15, 0.2) is 47.5 Å². The van der Waals surface area contributed by atoms with Gasteiger partial charge in [-0.25, -0.2) is 4.98 Å². The number of rotatable bonds is 1. The Bertz CT molecular complexity index is 1080. The Kier molecular flexibility index (Phi) is 2.74. The van der Waals surface area contributed by atoms with Crippen molar-refractivity contribution in [3.8, 4) is 5.69 Å². The van der Waals surface area contributed by atoms with Gasteiger partial charge >= 0.3 is 0 Å². The number of aromatic nitrogens is 5. The van der Waals surface area contributed by atoms with Crippen molar-refractivity contribution in [1.82, 2.24) is 24.1 Å². The Hall–Kier alpha value is -2.73. The van der Waals surface area contributed by atoms with Gasteiger partial charge in [0.25, 0.3) is 11.3 Å². The smallest absolute Gasteiger partial charge is 0.266 e. The molecular weight excluding hydrogens is 302 g/mol. The standard InChI is InChI=1S/C15H10ClN5O/c1-9-18-15-17-8-12-13(21(15)19-9)5-6-20(14(12)22)11-4-2-3-10(16)7-11/h2-8H,1H3. The van der Waals surface area contributed by atoms with Crippen LogP contribution in [-0.4, -0.2) is 24.1 Å². The predicted molar refractivity (Wildman–Crippen MR) is 83.6 cm³/mol. The van der Waals surface area contributed by atoms with E-state index < -0.39 is 0 Å². The van der Waals surface area contributed by atoms with Gasteiger partial charge in [0.05, 0.1) is 16.6 Å². The van der Waals surface area contributed by atoms with Crippen molar-refractivity contribution in [2.45, 2.75) is 6.92 Å². The molecule has 4 aromatic rings. The molecule has 0 fully saturated rings. The van der Waals surface area contributed by atoms with Crippen molar-refractivity contribution in [3.63, 3.8) is 0 Å². The third-order valence-electron chi connectivity index (χ3n) is 3.43. The zero-order valence-electron chi connectivity index (χ0n) is 11.6. The molecule has 0 radical (unpaired) electrons. The van der Waals surface area contributed by atoms with E-state index in [1.165, 1.54) is 10.8 Å². The highest BCUT2D eigenvalue weighted by atomic mass is 35.5. The number of aryl methyl sites for hydroxylation is 1. The maximum absolute atomic E-state index is 12.7. The first-order chi connectivity index (χ1) is 10.6. The van der Waals surface area contributed by atoms with Crippen LogP contribution in [0.25, 0.3) is 22.4 Å². The van der Waals surface area contributed by atoms with Crippen molar-refractivity contribution in [2.75, 3.05) is 0 Å². The molecule has 4 rings (SSSR count). The largest absolute Gasteiger partial charge is 0.284 e. The van der Waals surface area contributed by atoms with Crippen LogP contribution < -0.4 is 5.56 Å². The van der Waals surface area contributed by atoms with Gasteiger partial charge in [0.2, 0.25) is 0 Å². The molecule has 7 heteroatoms. The lowest BCUT2D eigenvalue weighted by Crippen LogP contribution is -2.18. The second-order valence-corrected chi connectivity index (χ2v) is 5.34. The fraction of sp³-hybridized carbons (Fsp3) is 0.0667. The van der Waals surface area contributed by atoms with Crippen LogP contribution in [0, 0.1) is 6.92 Å². The SMILES string of the molecule is Cc1nc2ncc3c(=O)n(-c4cccc(Cl)c4)ccc3n2n1. The minimum Gasteiger partial charge on any atom is -0.284 e. The summed E-state index contributed by atoms with van der Waals surface area (Å²) in [5.74, 6) is 1.09. The van der Waals surface area contributed by atoms with E-state index in [0.717, 1.165) is 0 Å². The number of hydrogen-bond donors (Lipinski definition) is 0. The van der Waals surface area contributed by atoms with Gasteiger partial charge in [0, 0.05) is 17.4 Å². The molecule has 108 valence electrons. The van der Waals surface area contributed by atoms with Crippen LogP contribution in [-0.2, 0) is 0 Å². The van der Waals surface area contributed by atoms with Crippen LogP contribution >= 0.6 is 11.6 Å². The zero-order valence-corrected chi connectivity index (χ0v) is 12.3. The molecule has 3 heterocycles. The highest BCUT2D eigenvalue weighted by molar-refractivity contribution is 6.30. The fourth-order valence-corrected chi connectivity index (χ4v) is 2.63. The molecule has 0 aliphatic heterocycles. The van der Waals surface area contributed by atoms with Gasteiger partial charge in [-0.2, -0.15) is 9.50 Å². The average Bonchev–Trinajstić information content (AvgIpc) is 2.88. The van der Waals surface area contributed by atoms with Crippen molar-refractivity contribution < 1.29 is 0 Å². The van der Waals surface area contributed by atoms with Gasteiger partial charge in [-0.3, -0.25) is 9.36 Å². The summed E-state index contributed by atoms with van der Waals surface area (Å²) < 4.78 is 3.11. The lowest BCUT2D eigenvalue weighted by atomic mass is 10.2. The zero-order chi connectivity index (χ0) is 15.3. The number of benzene rings is 1. The van der Waals surface area contributed by atoms with Gasteiger partial charge in [-0.1, -0.05) is 17.7 Å². The highest BCUT2D eigenvalue weighted by Crippen LogP contribution is 2.16. The number of halogens is 1. The van der Waals surface area contributed by atoms with Gasteiger partial charge in [-0.15, -0.1) is 5.10 Å². The second-order valence-electron chi connectivity index (χ2n) is 4.90. The van der Waals surface area contributed by atoms with Gasteiger partial charge in [0.1, 0.15) is 5.82 Å². The summed E-state index contributed by atoms with van der Waals surface area (Å²) >= 11 is 6.00. The Labute approximate surface area is 129 Å². The first-order valence-corrected chi connectivity index (χ1v) is 7.01. The Morgan fingerprint density at radius 3 is 2.91 bits per heavy atom. The normalized spacial score (nSPS) is 11.4. The molecule has 1 aromatic carbocycles. The Morgan fingerprint density at radius 2 is 2.09 bits per heavy atom. The minimum atomic E-state index is -0.178. The molecule has 0 saturated heterocycles. The molecule has 0 spiro atoms. The van der Waals surface area contributed by atoms with Crippen LogP contribution in [0.1, 0.15) is 5.82 Å². The molecule has 0 aliphatic rings. The first kappa shape index (κ1) is 13.0. The summed E-state index contributed by atoms with van der Waals surface area (Å²) in [6, 6.07) is 8.95. The Morgan fingerprint density at radius 1 is 1.23 bits per heavy atom. The number of fused-ring (bicyclic) bond motifs is 3. The molecular formula is C15H10ClN5O. The van der Waals surface area contributed by atoms with E-state index in [1.807, 2.05) is 12.1 Å². The summed E-state index contributed by atoms with van der Waals surface area (Å²) in [7, 11) is 0. The molecule has 0 N–H and O–H groups in total. The van der Waals surface area contributed by atoms with Crippen molar-refractivity contribution >= 4 is 28.3 Å². The van der Waals surface area contributed by atoms with Crippen LogP contribution in [0.2, 0.25) is 5.02 Å². The van der Waals surface area contributed by atoms with Gasteiger partial charge < -0.3 is 0 Å². The molecule has 22 heavy (non-hydrogen) atoms. The lowest BCUT2D eigenvalue weighted by molar-refractivity contribution is 0.939. The molecule has 6 nitrogen and oxygen atoms in total. The maximum Gasteiger partial charge on any atom is 0.266 e. The predicted octanol–water partition coefficient (Wildman–Crippen LogP) is 2.39. The van der Waals surface area contributed by atoms with Gasteiger partial charge in [0.15, 0.2) is 0 Å². The Balaban J connectivity index is 2.06. The fourth-order valence-electron chi connectivity index (χ4n) is 2.45.